The van der Waals surface area contributed by atoms with Crippen LogP contribution in [0.15, 0.2) is 40.9 Å². The summed E-state index contributed by atoms with van der Waals surface area (Å²) in [4.78, 5) is 0. The molecule has 106 valence electrons. The second kappa shape index (κ2) is 6.33. The van der Waals surface area contributed by atoms with Gasteiger partial charge in [0.2, 0.25) is 0 Å². The minimum absolute atomic E-state index is 0.181. The van der Waals surface area contributed by atoms with Crippen molar-refractivity contribution in [3.63, 3.8) is 0 Å². The summed E-state index contributed by atoms with van der Waals surface area (Å²) in [5.41, 5.74) is 1.19. The first kappa shape index (κ1) is 14.9. The molecule has 0 aliphatic heterocycles. The molecule has 0 amide bonds. The number of methoxy groups -OCH3 is 1. The zero-order chi connectivity index (χ0) is 14.7. The molecule has 0 spiro atoms. The Kier molecular flexibility index (Phi) is 4.73. The van der Waals surface area contributed by atoms with Gasteiger partial charge in [-0.25, -0.2) is 8.78 Å². The molecule has 0 bridgehead atoms. The summed E-state index contributed by atoms with van der Waals surface area (Å²) in [6.45, 7) is 0. The maximum absolute atomic E-state index is 14.4. The van der Waals surface area contributed by atoms with Crippen molar-refractivity contribution in [3.8, 4) is 5.75 Å². The molecule has 1 atom stereocenters. The van der Waals surface area contributed by atoms with Gasteiger partial charge in [0.25, 0.3) is 0 Å². The highest BCUT2D eigenvalue weighted by molar-refractivity contribution is 9.10. The SMILES string of the molecule is CNC(c1ccc(F)cc1Br)c1cccc(OC)c1F. The minimum atomic E-state index is -0.425. The topological polar surface area (TPSA) is 21.3 Å². The average molecular weight is 342 g/mol. The summed E-state index contributed by atoms with van der Waals surface area (Å²) in [6.07, 6.45) is 0. The van der Waals surface area contributed by atoms with Gasteiger partial charge in [-0.05, 0) is 30.8 Å². The van der Waals surface area contributed by atoms with Crippen LogP contribution in [0.1, 0.15) is 17.2 Å². The maximum Gasteiger partial charge on any atom is 0.170 e. The Balaban J connectivity index is 2.52. The molecule has 0 saturated heterocycles. The van der Waals surface area contributed by atoms with Crippen molar-refractivity contribution in [2.45, 2.75) is 6.04 Å². The summed E-state index contributed by atoms with van der Waals surface area (Å²) in [5, 5.41) is 3.04. The third-order valence-corrected chi connectivity index (χ3v) is 3.77. The van der Waals surface area contributed by atoms with E-state index >= 15 is 0 Å². The fourth-order valence-electron chi connectivity index (χ4n) is 2.12. The predicted molar refractivity (Wildman–Crippen MR) is 78.0 cm³/mol. The van der Waals surface area contributed by atoms with E-state index in [4.69, 9.17) is 4.74 Å². The van der Waals surface area contributed by atoms with Crippen molar-refractivity contribution < 1.29 is 13.5 Å². The quantitative estimate of drug-likeness (QED) is 0.905. The third-order valence-electron chi connectivity index (χ3n) is 3.09. The van der Waals surface area contributed by atoms with Crippen LogP contribution in [0.4, 0.5) is 8.78 Å². The van der Waals surface area contributed by atoms with Crippen LogP contribution in [0.2, 0.25) is 0 Å². The van der Waals surface area contributed by atoms with E-state index < -0.39 is 11.9 Å². The first-order chi connectivity index (χ1) is 9.58. The molecule has 1 N–H and O–H groups in total. The van der Waals surface area contributed by atoms with E-state index in [0.717, 1.165) is 5.56 Å². The minimum Gasteiger partial charge on any atom is -0.494 e. The number of nitrogens with one attached hydrogen (secondary N) is 1. The van der Waals surface area contributed by atoms with Gasteiger partial charge in [-0.3, -0.25) is 0 Å². The molecule has 2 rings (SSSR count). The molecular weight excluding hydrogens is 328 g/mol. The largest absolute Gasteiger partial charge is 0.494 e. The number of rotatable bonds is 4. The molecule has 20 heavy (non-hydrogen) atoms. The fraction of sp³-hybridized carbons (Fsp3) is 0.200. The molecule has 2 aromatic rings. The number of hydrogen-bond acceptors (Lipinski definition) is 2. The highest BCUT2D eigenvalue weighted by Crippen LogP contribution is 2.32. The van der Waals surface area contributed by atoms with Crippen LogP contribution >= 0.6 is 15.9 Å². The van der Waals surface area contributed by atoms with Crippen molar-refractivity contribution in [1.82, 2.24) is 5.32 Å². The molecular formula is C15H14BrF2NO. The van der Waals surface area contributed by atoms with Crippen LogP contribution in [0, 0.1) is 11.6 Å². The number of hydrogen-bond donors (Lipinski definition) is 1. The summed E-state index contributed by atoms with van der Waals surface area (Å²) >= 11 is 3.31. The van der Waals surface area contributed by atoms with E-state index in [-0.39, 0.29) is 11.6 Å². The summed E-state index contributed by atoms with van der Waals surface area (Å²) < 4.78 is 33.1. The lowest BCUT2D eigenvalue weighted by Gasteiger charge is -2.20. The lowest BCUT2D eigenvalue weighted by Crippen LogP contribution is -2.19. The molecule has 0 heterocycles. The van der Waals surface area contributed by atoms with Crippen LogP contribution in [0.25, 0.3) is 0 Å². The van der Waals surface area contributed by atoms with E-state index in [1.54, 1.807) is 31.3 Å². The molecule has 0 aliphatic rings. The maximum atomic E-state index is 14.4. The zero-order valence-corrected chi connectivity index (χ0v) is 12.7. The fourth-order valence-corrected chi connectivity index (χ4v) is 2.70. The van der Waals surface area contributed by atoms with Gasteiger partial charge in [-0.2, -0.15) is 0 Å². The zero-order valence-electron chi connectivity index (χ0n) is 11.1. The van der Waals surface area contributed by atoms with Crippen molar-refractivity contribution >= 4 is 15.9 Å². The highest BCUT2D eigenvalue weighted by Gasteiger charge is 2.20. The van der Waals surface area contributed by atoms with E-state index in [2.05, 4.69) is 21.2 Å². The van der Waals surface area contributed by atoms with Crippen LogP contribution < -0.4 is 10.1 Å². The van der Waals surface area contributed by atoms with Crippen LogP contribution in [0.5, 0.6) is 5.75 Å². The van der Waals surface area contributed by atoms with E-state index in [1.165, 1.54) is 19.2 Å². The van der Waals surface area contributed by atoms with Gasteiger partial charge in [-0.1, -0.05) is 34.1 Å². The third kappa shape index (κ3) is 2.83. The van der Waals surface area contributed by atoms with E-state index in [9.17, 15) is 8.78 Å². The summed E-state index contributed by atoms with van der Waals surface area (Å²) in [6, 6.07) is 8.89. The molecule has 0 saturated carbocycles. The van der Waals surface area contributed by atoms with Crippen LogP contribution in [-0.2, 0) is 0 Å². The van der Waals surface area contributed by atoms with E-state index in [1.807, 2.05) is 0 Å². The molecule has 0 radical (unpaired) electrons. The van der Waals surface area contributed by atoms with Crippen molar-refractivity contribution in [2.75, 3.05) is 14.2 Å². The Morgan fingerprint density at radius 2 is 1.90 bits per heavy atom. The van der Waals surface area contributed by atoms with Gasteiger partial charge in [0, 0.05) is 10.0 Å². The van der Waals surface area contributed by atoms with E-state index in [0.29, 0.717) is 10.0 Å². The lowest BCUT2D eigenvalue weighted by molar-refractivity contribution is 0.382. The second-order valence-electron chi connectivity index (χ2n) is 4.25. The first-order valence-electron chi connectivity index (χ1n) is 6.03. The van der Waals surface area contributed by atoms with Crippen molar-refractivity contribution in [2.24, 2.45) is 0 Å². The lowest BCUT2D eigenvalue weighted by atomic mass is 9.98. The van der Waals surface area contributed by atoms with Crippen molar-refractivity contribution in [1.29, 1.82) is 0 Å². The van der Waals surface area contributed by atoms with Gasteiger partial charge < -0.3 is 10.1 Å². The number of benzene rings is 2. The second-order valence-corrected chi connectivity index (χ2v) is 5.11. The van der Waals surface area contributed by atoms with Gasteiger partial charge in [0.1, 0.15) is 5.82 Å². The molecule has 0 fully saturated rings. The average Bonchev–Trinajstić information content (AvgIpc) is 2.43. The Morgan fingerprint density at radius 3 is 2.50 bits per heavy atom. The Morgan fingerprint density at radius 1 is 1.15 bits per heavy atom. The number of halogens is 3. The number of ether oxygens (including phenoxy) is 1. The Hall–Kier alpha value is -1.46. The molecule has 5 heteroatoms. The monoisotopic (exact) mass is 341 g/mol. The van der Waals surface area contributed by atoms with Gasteiger partial charge in [-0.15, -0.1) is 0 Å². The summed E-state index contributed by atoms with van der Waals surface area (Å²) in [5.74, 6) is -0.590. The molecule has 0 aliphatic carbocycles. The molecule has 2 aromatic carbocycles. The first-order valence-corrected chi connectivity index (χ1v) is 6.82. The predicted octanol–water partition coefficient (Wildman–Crippen LogP) is 4.04. The summed E-state index contributed by atoms with van der Waals surface area (Å²) in [7, 11) is 3.14. The molecule has 2 nitrogen and oxygen atoms in total. The van der Waals surface area contributed by atoms with Gasteiger partial charge in [0.15, 0.2) is 11.6 Å². The highest BCUT2D eigenvalue weighted by atomic mass is 79.9. The molecule has 1 unspecified atom stereocenters. The van der Waals surface area contributed by atoms with Gasteiger partial charge >= 0.3 is 0 Å². The standard InChI is InChI=1S/C15H14BrF2NO/c1-19-15(10-7-6-9(17)8-12(10)16)11-4-3-5-13(20-2)14(11)18/h3-8,15,19H,1-2H3. The molecule has 0 aromatic heterocycles. The van der Waals surface area contributed by atoms with Crippen LogP contribution in [0.3, 0.4) is 0 Å². The Bertz CT molecular complexity index is 619. The van der Waals surface area contributed by atoms with Gasteiger partial charge in [0.05, 0.1) is 13.2 Å². The smallest absolute Gasteiger partial charge is 0.170 e. The Labute approximate surface area is 124 Å². The van der Waals surface area contributed by atoms with Crippen molar-refractivity contribution in [3.05, 3.63) is 63.6 Å². The normalized spacial score (nSPS) is 12.2. The van der Waals surface area contributed by atoms with Crippen LogP contribution in [-0.4, -0.2) is 14.2 Å².